The largest absolute Gasteiger partial charge is 0.465 e. The van der Waals surface area contributed by atoms with E-state index in [2.05, 4.69) is 14.2 Å². The van der Waals surface area contributed by atoms with E-state index in [9.17, 15) is 18.0 Å². The zero-order valence-corrected chi connectivity index (χ0v) is 7.18. The standard InChI is InChI=1S/C6H8F3NO4/c1-12-4(11)10-6(5(7,8)9)13-2-3-14-6/h2-3H2,1H3,(H,10,11). The highest BCUT2D eigenvalue weighted by Gasteiger charge is 2.62. The first-order valence-electron chi connectivity index (χ1n) is 3.62. The van der Waals surface area contributed by atoms with Crippen LogP contribution >= 0.6 is 0 Å². The number of hydrogen-bond acceptors (Lipinski definition) is 4. The Kier molecular flexibility index (Phi) is 2.86. The van der Waals surface area contributed by atoms with Gasteiger partial charge in [-0.05, 0) is 0 Å². The second-order valence-corrected chi connectivity index (χ2v) is 2.43. The number of hydrogen-bond donors (Lipinski definition) is 1. The molecule has 82 valence electrons. The Labute approximate surface area is 77.1 Å². The van der Waals surface area contributed by atoms with Gasteiger partial charge in [0.15, 0.2) is 0 Å². The molecule has 0 unspecified atom stereocenters. The lowest BCUT2D eigenvalue weighted by atomic mass is 10.4. The van der Waals surface area contributed by atoms with Crippen LogP contribution in [-0.4, -0.2) is 38.5 Å². The van der Waals surface area contributed by atoms with Crippen molar-refractivity contribution < 1.29 is 32.2 Å². The lowest BCUT2D eigenvalue weighted by molar-refractivity contribution is -0.352. The number of carbonyl (C=O) groups is 1. The minimum Gasteiger partial charge on any atom is -0.453 e. The lowest BCUT2D eigenvalue weighted by Gasteiger charge is -2.28. The van der Waals surface area contributed by atoms with Crippen molar-refractivity contribution in [2.24, 2.45) is 0 Å². The molecule has 0 spiro atoms. The molecule has 1 heterocycles. The van der Waals surface area contributed by atoms with Crippen molar-refractivity contribution in [2.75, 3.05) is 20.3 Å². The van der Waals surface area contributed by atoms with Crippen molar-refractivity contribution in [1.29, 1.82) is 0 Å². The van der Waals surface area contributed by atoms with Gasteiger partial charge in [0.05, 0.1) is 20.3 Å². The number of alkyl halides is 3. The van der Waals surface area contributed by atoms with E-state index < -0.39 is 18.2 Å². The molecule has 0 aliphatic carbocycles. The highest BCUT2D eigenvalue weighted by molar-refractivity contribution is 5.67. The van der Waals surface area contributed by atoms with Crippen LogP contribution in [0.25, 0.3) is 0 Å². The van der Waals surface area contributed by atoms with E-state index in [1.54, 1.807) is 0 Å². The highest BCUT2D eigenvalue weighted by Crippen LogP contribution is 2.35. The third-order valence-electron chi connectivity index (χ3n) is 1.52. The molecule has 0 radical (unpaired) electrons. The number of amides is 1. The average Bonchev–Trinajstić information content (AvgIpc) is 2.52. The van der Waals surface area contributed by atoms with Crippen LogP contribution in [0, 0.1) is 0 Å². The SMILES string of the molecule is COC(=O)NC1(C(F)(F)F)OCCO1. The Hall–Kier alpha value is -1.02. The van der Waals surface area contributed by atoms with E-state index in [0.29, 0.717) is 0 Å². The molecular weight excluding hydrogens is 207 g/mol. The number of rotatable bonds is 1. The number of carbonyl (C=O) groups excluding carboxylic acids is 1. The average molecular weight is 215 g/mol. The number of alkyl carbamates (subject to hydrolysis) is 1. The molecule has 1 aliphatic heterocycles. The summed E-state index contributed by atoms with van der Waals surface area (Å²) in [4.78, 5) is 10.6. The Morgan fingerprint density at radius 2 is 1.93 bits per heavy atom. The van der Waals surface area contributed by atoms with Gasteiger partial charge < -0.3 is 14.2 Å². The summed E-state index contributed by atoms with van der Waals surface area (Å²) in [6.07, 6.45) is -6.12. The van der Waals surface area contributed by atoms with E-state index in [0.717, 1.165) is 7.11 Å². The number of ether oxygens (including phenoxy) is 3. The molecule has 0 atom stereocenters. The summed E-state index contributed by atoms with van der Waals surface area (Å²) in [5.74, 6) is -3.07. The minimum absolute atomic E-state index is 0.247. The number of methoxy groups -OCH3 is 1. The minimum atomic E-state index is -4.85. The Morgan fingerprint density at radius 1 is 1.43 bits per heavy atom. The molecule has 1 rings (SSSR count). The van der Waals surface area contributed by atoms with Gasteiger partial charge >= 0.3 is 18.2 Å². The number of nitrogens with one attached hydrogen (secondary N) is 1. The topological polar surface area (TPSA) is 56.8 Å². The maximum Gasteiger partial charge on any atom is 0.465 e. The van der Waals surface area contributed by atoms with Crippen LogP contribution in [-0.2, 0) is 14.2 Å². The summed E-state index contributed by atoms with van der Waals surface area (Å²) in [5.41, 5.74) is 0. The van der Waals surface area contributed by atoms with Gasteiger partial charge in [0.2, 0.25) is 0 Å². The van der Waals surface area contributed by atoms with E-state index in [4.69, 9.17) is 0 Å². The molecule has 8 heteroatoms. The molecule has 1 saturated heterocycles. The van der Waals surface area contributed by atoms with E-state index in [1.807, 2.05) is 0 Å². The molecular formula is C6H8F3NO4. The van der Waals surface area contributed by atoms with Crippen molar-refractivity contribution in [3.8, 4) is 0 Å². The predicted octanol–water partition coefficient (Wildman–Crippen LogP) is 0.605. The zero-order valence-electron chi connectivity index (χ0n) is 7.18. The van der Waals surface area contributed by atoms with Crippen molar-refractivity contribution in [1.82, 2.24) is 5.32 Å². The molecule has 1 N–H and O–H groups in total. The molecule has 1 amide bonds. The monoisotopic (exact) mass is 215 g/mol. The fraction of sp³-hybridized carbons (Fsp3) is 0.833. The third kappa shape index (κ3) is 1.90. The van der Waals surface area contributed by atoms with E-state index in [1.165, 1.54) is 5.32 Å². The first kappa shape index (κ1) is 11.1. The normalized spacial score (nSPS) is 20.6. The van der Waals surface area contributed by atoms with Gasteiger partial charge in [-0.15, -0.1) is 0 Å². The molecule has 1 fully saturated rings. The zero-order chi connectivity index (χ0) is 10.8. The first-order valence-corrected chi connectivity index (χ1v) is 3.62. The van der Waals surface area contributed by atoms with Gasteiger partial charge in [-0.1, -0.05) is 0 Å². The highest BCUT2D eigenvalue weighted by atomic mass is 19.4. The van der Waals surface area contributed by atoms with Gasteiger partial charge in [0.1, 0.15) is 0 Å². The lowest BCUT2D eigenvalue weighted by Crippen LogP contribution is -2.59. The molecule has 0 bridgehead atoms. The molecule has 0 aromatic carbocycles. The molecule has 0 saturated carbocycles. The van der Waals surface area contributed by atoms with Gasteiger partial charge in [0, 0.05) is 0 Å². The predicted molar refractivity (Wildman–Crippen MR) is 36.2 cm³/mol. The second-order valence-electron chi connectivity index (χ2n) is 2.43. The van der Waals surface area contributed by atoms with Crippen molar-refractivity contribution in [2.45, 2.75) is 12.1 Å². The van der Waals surface area contributed by atoms with Gasteiger partial charge in [0.25, 0.3) is 0 Å². The fourth-order valence-corrected chi connectivity index (χ4v) is 0.905. The first-order chi connectivity index (χ1) is 6.41. The smallest absolute Gasteiger partial charge is 0.453 e. The van der Waals surface area contributed by atoms with Crippen LogP contribution in [0.2, 0.25) is 0 Å². The quantitative estimate of drug-likeness (QED) is 0.696. The maximum atomic E-state index is 12.4. The van der Waals surface area contributed by atoms with Crippen LogP contribution in [0.5, 0.6) is 0 Å². The second kappa shape index (κ2) is 3.62. The Morgan fingerprint density at radius 3 is 2.29 bits per heavy atom. The fourth-order valence-electron chi connectivity index (χ4n) is 0.905. The molecule has 1 aliphatic rings. The third-order valence-corrected chi connectivity index (χ3v) is 1.52. The van der Waals surface area contributed by atoms with Gasteiger partial charge in [-0.2, -0.15) is 13.2 Å². The Balaban J connectivity index is 2.77. The molecule has 0 aromatic rings. The van der Waals surface area contributed by atoms with Crippen molar-refractivity contribution >= 4 is 6.09 Å². The summed E-state index contributed by atoms with van der Waals surface area (Å²) in [5, 5.41) is 1.45. The van der Waals surface area contributed by atoms with Crippen LogP contribution in [0.3, 0.4) is 0 Å². The summed E-state index contributed by atoms with van der Waals surface area (Å²) in [7, 11) is 0.939. The van der Waals surface area contributed by atoms with Crippen LogP contribution in [0.1, 0.15) is 0 Å². The van der Waals surface area contributed by atoms with Crippen molar-refractivity contribution in [3.63, 3.8) is 0 Å². The van der Waals surface area contributed by atoms with Crippen molar-refractivity contribution in [3.05, 3.63) is 0 Å². The molecule has 0 aromatic heterocycles. The van der Waals surface area contributed by atoms with Crippen LogP contribution < -0.4 is 5.32 Å². The van der Waals surface area contributed by atoms with E-state index >= 15 is 0 Å². The van der Waals surface area contributed by atoms with Crippen LogP contribution in [0.4, 0.5) is 18.0 Å². The van der Waals surface area contributed by atoms with Gasteiger partial charge in [-0.3, -0.25) is 5.32 Å². The summed E-state index contributed by atoms with van der Waals surface area (Å²) >= 11 is 0. The summed E-state index contributed by atoms with van der Waals surface area (Å²) in [6.45, 7) is -0.493. The molecule has 5 nitrogen and oxygen atoms in total. The van der Waals surface area contributed by atoms with Crippen LogP contribution in [0.15, 0.2) is 0 Å². The van der Waals surface area contributed by atoms with E-state index in [-0.39, 0.29) is 13.2 Å². The maximum absolute atomic E-state index is 12.4. The van der Waals surface area contributed by atoms with Gasteiger partial charge in [-0.25, -0.2) is 4.79 Å². The summed E-state index contributed by atoms with van der Waals surface area (Å²) in [6, 6.07) is 0. The number of halogens is 3. The summed E-state index contributed by atoms with van der Waals surface area (Å²) < 4.78 is 49.8. The Bertz CT molecular complexity index is 224. The molecule has 14 heavy (non-hydrogen) atoms.